The number of benzene rings is 2. The maximum absolute atomic E-state index is 12.9. The highest BCUT2D eigenvalue weighted by Gasteiger charge is 2.12. The maximum Gasteiger partial charge on any atom is 0.337 e. The Labute approximate surface area is 189 Å². The molecule has 2 aromatic carbocycles. The van der Waals surface area contributed by atoms with Gasteiger partial charge < -0.3 is 19.4 Å². The van der Waals surface area contributed by atoms with Gasteiger partial charge in [0.2, 0.25) is 5.91 Å². The number of fused-ring (bicyclic) bond motifs is 1. The summed E-state index contributed by atoms with van der Waals surface area (Å²) in [5.74, 6) is -0.0741. The van der Waals surface area contributed by atoms with E-state index in [1.54, 1.807) is 36.5 Å². The van der Waals surface area contributed by atoms with Crippen molar-refractivity contribution in [3.05, 3.63) is 82.9 Å². The number of carbonyl (C=O) groups is 2. The number of esters is 1. The molecular formula is C24H22N4O5. The van der Waals surface area contributed by atoms with Gasteiger partial charge in [-0.2, -0.15) is 5.10 Å². The molecule has 2 aromatic heterocycles. The van der Waals surface area contributed by atoms with Crippen molar-refractivity contribution in [2.45, 2.75) is 13.5 Å². The molecule has 0 radical (unpaired) electrons. The molecule has 33 heavy (non-hydrogen) atoms. The lowest BCUT2D eigenvalue weighted by Crippen LogP contribution is -2.28. The summed E-state index contributed by atoms with van der Waals surface area (Å²) >= 11 is 0. The van der Waals surface area contributed by atoms with Crippen LogP contribution in [0.15, 0.2) is 71.8 Å². The first-order chi connectivity index (χ1) is 16.0. The molecule has 0 spiro atoms. The average molecular weight is 446 g/mol. The molecule has 0 saturated carbocycles. The number of ether oxygens (including phenoxy) is 2. The third kappa shape index (κ3) is 4.77. The van der Waals surface area contributed by atoms with Crippen molar-refractivity contribution in [1.29, 1.82) is 0 Å². The van der Waals surface area contributed by atoms with E-state index in [4.69, 9.17) is 4.74 Å². The monoisotopic (exact) mass is 446 g/mol. The van der Waals surface area contributed by atoms with E-state index in [2.05, 4.69) is 15.2 Å². The van der Waals surface area contributed by atoms with E-state index in [0.717, 1.165) is 11.3 Å². The number of anilines is 1. The second-order valence-electron chi connectivity index (χ2n) is 7.17. The van der Waals surface area contributed by atoms with E-state index < -0.39 is 5.97 Å². The van der Waals surface area contributed by atoms with Gasteiger partial charge >= 0.3 is 5.97 Å². The van der Waals surface area contributed by atoms with Crippen molar-refractivity contribution in [2.75, 3.05) is 19.0 Å². The summed E-state index contributed by atoms with van der Waals surface area (Å²) in [7, 11) is 1.30. The molecule has 0 aliphatic rings. The third-order valence-electron chi connectivity index (χ3n) is 4.97. The first kappa shape index (κ1) is 21.8. The van der Waals surface area contributed by atoms with E-state index in [0.29, 0.717) is 29.1 Å². The van der Waals surface area contributed by atoms with Crippen molar-refractivity contribution in [1.82, 2.24) is 14.2 Å². The minimum atomic E-state index is -0.460. The number of nitrogens with one attached hydrogen (secondary N) is 1. The van der Waals surface area contributed by atoms with Gasteiger partial charge in [0.15, 0.2) is 0 Å². The summed E-state index contributed by atoms with van der Waals surface area (Å²) in [5, 5.41) is 7.17. The van der Waals surface area contributed by atoms with Crippen molar-refractivity contribution < 1.29 is 19.1 Å². The minimum absolute atomic E-state index is 0.169. The van der Waals surface area contributed by atoms with E-state index in [9.17, 15) is 14.4 Å². The fourth-order valence-electron chi connectivity index (χ4n) is 3.34. The zero-order valence-electron chi connectivity index (χ0n) is 18.1. The van der Waals surface area contributed by atoms with Crippen LogP contribution in [0.3, 0.4) is 0 Å². The van der Waals surface area contributed by atoms with Crippen LogP contribution in [0.4, 0.5) is 5.69 Å². The van der Waals surface area contributed by atoms with Crippen LogP contribution in [0.5, 0.6) is 5.75 Å². The molecule has 0 aliphatic heterocycles. The van der Waals surface area contributed by atoms with Crippen molar-refractivity contribution >= 4 is 23.1 Å². The number of rotatable bonds is 7. The molecule has 0 atom stereocenters. The quantitative estimate of drug-likeness (QED) is 0.438. The Morgan fingerprint density at radius 2 is 1.76 bits per heavy atom. The number of hydrogen-bond donors (Lipinski definition) is 1. The lowest BCUT2D eigenvalue weighted by molar-refractivity contribution is -0.116. The number of aromatic nitrogens is 3. The summed E-state index contributed by atoms with van der Waals surface area (Å²) in [5.41, 5.74) is 2.39. The predicted octanol–water partition coefficient (Wildman–Crippen LogP) is 2.99. The number of amides is 1. The Hall–Kier alpha value is -4.40. The van der Waals surface area contributed by atoms with Gasteiger partial charge in [-0.1, -0.05) is 0 Å². The standard InChI is InChI=1S/C24H22N4O5/c1-3-33-19-10-6-16(7-11-19)20-14-21-23(30)27(12-13-28(21)26-20)15-22(29)25-18-8-4-17(5-9-18)24(31)32-2/h4-14H,3,15H2,1-2H3,(H,25,29). The van der Waals surface area contributed by atoms with Gasteiger partial charge in [0.1, 0.15) is 17.8 Å². The topological polar surface area (TPSA) is 104 Å². The highest BCUT2D eigenvalue weighted by Crippen LogP contribution is 2.22. The molecule has 9 nitrogen and oxygen atoms in total. The summed E-state index contributed by atoms with van der Waals surface area (Å²) < 4.78 is 12.9. The minimum Gasteiger partial charge on any atom is -0.494 e. The lowest BCUT2D eigenvalue weighted by Gasteiger charge is -2.08. The van der Waals surface area contributed by atoms with Gasteiger partial charge in [0, 0.05) is 23.6 Å². The predicted molar refractivity (Wildman–Crippen MR) is 122 cm³/mol. The molecule has 0 fully saturated rings. The second kappa shape index (κ2) is 9.39. The lowest BCUT2D eigenvalue weighted by atomic mass is 10.1. The van der Waals surface area contributed by atoms with Crippen LogP contribution in [-0.2, 0) is 16.1 Å². The van der Waals surface area contributed by atoms with Crippen molar-refractivity contribution in [3.8, 4) is 17.0 Å². The molecule has 0 aliphatic carbocycles. The van der Waals surface area contributed by atoms with E-state index >= 15 is 0 Å². The second-order valence-corrected chi connectivity index (χ2v) is 7.17. The molecule has 4 rings (SSSR count). The zero-order chi connectivity index (χ0) is 23.4. The molecule has 168 valence electrons. The van der Waals surface area contributed by atoms with Gasteiger partial charge in [0.05, 0.1) is 25.0 Å². The number of hydrogen-bond acceptors (Lipinski definition) is 6. The van der Waals surface area contributed by atoms with Gasteiger partial charge in [0.25, 0.3) is 5.56 Å². The first-order valence-corrected chi connectivity index (χ1v) is 10.3. The van der Waals surface area contributed by atoms with E-state index in [-0.39, 0.29) is 18.0 Å². The Balaban J connectivity index is 1.50. The van der Waals surface area contributed by atoms with E-state index in [1.165, 1.54) is 22.4 Å². The highest BCUT2D eigenvalue weighted by molar-refractivity contribution is 5.93. The Morgan fingerprint density at radius 3 is 2.42 bits per heavy atom. The fraction of sp³-hybridized carbons (Fsp3) is 0.167. The summed E-state index contributed by atoms with van der Waals surface area (Å²) in [4.78, 5) is 36.9. The van der Waals surface area contributed by atoms with Crippen LogP contribution in [-0.4, -0.2) is 39.8 Å². The average Bonchev–Trinajstić information content (AvgIpc) is 3.27. The van der Waals surface area contributed by atoms with Gasteiger partial charge in [-0.05, 0) is 61.5 Å². The maximum atomic E-state index is 12.9. The molecular weight excluding hydrogens is 424 g/mol. The number of nitrogens with zero attached hydrogens (tertiary/aromatic N) is 3. The zero-order valence-corrected chi connectivity index (χ0v) is 18.1. The largest absolute Gasteiger partial charge is 0.494 e. The Kier molecular flexibility index (Phi) is 6.21. The van der Waals surface area contributed by atoms with E-state index in [1.807, 2.05) is 31.2 Å². The molecule has 0 bridgehead atoms. The molecule has 1 N–H and O–H groups in total. The van der Waals surface area contributed by atoms with Crippen LogP contribution in [0.25, 0.3) is 16.8 Å². The smallest absolute Gasteiger partial charge is 0.337 e. The van der Waals surface area contributed by atoms with Crippen LogP contribution in [0, 0.1) is 0 Å². The first-order valence-electron chi connectivity index (χ1n) is 10.3. The SMILES string of the molecule is CCOc1ccc(-c2cc3c(=O)n(CC(=O)Nc4ccc(C(=O)OC)cc4)ccn3n2)cc1. The summed E-state index contributed by atoms with van der Waals surface area (Å²) in [6, 6.07) is 15.4. The Bertz CT molecular complexity index is 1350. The van der Waals surface area contributed by atoms with Gasteiger partial charge in [-0.3, -0.25) is 9.59 Å². The Morgan fingerprint density at radius 1 is 1.03 bits per heavy atom. The van der Waals surface area contributed by atoms with Crippen molar-refractivity contribution in [3.63, 3.8) is 0 Å². The van der Waals surface area contributed by atoms with Crippen LogP contribution in [0.1, 0.15) is 17.3 Å². The number of carbonyl (C=O) groups excluding carboxylic acids is 2. The van der Waals surface area contributed by atoms with Gasteiger partial charge in [-0.15, -0.1) is 0 Å². The number of methoxy groups -OCH3 is 1. The molecule has 0 unspecified atom stereocenters. The molecule has 4 aromatic rings. The van der Waals surface area contributed by atoms with Crippen LogP contribution in [0.2, 0.25) is 0 Å². The normalized spacial score (nSPS) is 10.7. The van der Waals surface area contributed by atoms with Crippen LogP contribution < -0.4 is 15.6 Å². The van der Waals surface area contributed by atoms with Crippen LogP contribution >= 0.6 is 0 Å². The third-order valence-corrected chi connectivity index (χ3v) is 4.97. The molecule has 1 amide bonds. The fourth-order valence-corrected chi connectivity index (χ4v) is 3.34. The molecule has 2 heterocycles. The van der Waals surface area contributed by atoms with Crippen molar-refractivity contribution in [2.24, 2.45) is 0 Å². The summed E-state index contributed by atoms with van der Waals surface area (Å²) in [6.45, 7) is 2.33. The van der Waals surface area contributed by atoms with Gasteiger partial charge in [-0.25, -0.2) is 9.31 Å². The summed E-state index contributed by atoms with van der Waals surface area (Å²) in [6.07, 6.45) is 3.15. The molecule has 0 saturated heterocycles. The molecule has 9 heteroatoms. The highest BCUT2D eigenvalue weighted by atomic mass is 16.5.